The van der Waals surface area contributed by atoms with E-state index in [0.29, 0.717) is 0 Å². The number of pyridine rings is 1. The summed E-state index contributed by atoms with van der Waals surface area (Å²) >= 11 is 0. The molecular weight excluding hydrogens is 212 g/mol. The molecule has 1 aliphatic carbocycles. The van der Waals surface area contributed by atoms with Crippen molar-refractivity contribution >= 4 is 11.5 Å². The van der Waals surface area contributed by atoms with E-state index in [1.54, 1.807) is 0 Å². The first-order chi connectivity index (χ1) is 8.34. The molecule has 1 saturated carbocycles. The summed E-state index contributed by atoms with van der Waals surface area (Å²) in [4.78, 5) is 6.57. The number of nitrogens with one attached hydrogen (secondary N) is 1. The Balaban J connectivity index is 1.70. The van der Waals surface area contributed by atoms with Crippen LogP contribution in [-0.2, 0) is 0 Å². The molecule has 2 aromatic rings. The first-order valence-electron chi connectivity index (χ1n) is 6.21. The summed E-state index contributed by atoms with van der Waals surface area (Å²) in [5, 5.41) is 3.53. The molecule has 1 N–H and O–H groups in total. The number of imidazole rings is 1. The molecular formula is C13H18N4. The Morgan fingerprint density at radius 3 is 3.18 bits per heavy atom. The summed E-state index contributed by atoms with van der Waals surface area (Å²) in [7, 11) is 2.13. The maximum atomic E-state index is 4.30. The zero-order valence-electron chi connectivity index (χ0n) is 10.1. The molecule has 4 nitrogen and oxygen atoms in total. The molecule has 2 aromatic heterocycles. The summed E-state index contributed by atoms with van der Waals surface area (Å²) in [5.74, 6) is 1.19. The van der Waals surface area contributed by atoms with Crippen molar-refractivity contribution < 1.29 is 0 Å². The van der Waals surface area contributed by atoms with Gasteiger partial charge in [-0.2, -0.15) is 0 Å². The average Bonchev–Trinajstić information content (AvgIpc) is 3.04. The molecule has 0 bridgehead atoms. The molecule has 3 rings (SSSR count). The first kappa shape index (κ1) is 10.6. The number of rotatable bonds is 5. The smallest absolute Gasteiger partial charge is 0.138 e. The molecule has 0 saturated heterocycles. The van der Waals surface area contributed by atoms with Crippen molar-refractivity contribution in [2.75, 3.05) is 25.0 Å². The van der Waals surface area contributed by atoms with Crippen molar-refractivity contribution in [3.05, 3.63) is 30.6 Å². The summed E-state index contributed by atoms with van der Waals surface area (Å²) in [5.41, 5.74) is 1.00. The molecule has 0 radical (unpaired) electrons. The summed E-state index contributed by atoms with van der Waals surface area (Å²) < 4.78 is 2.12. The minimum Gasteiger partial charge on any atom is -0.359 e. The van der Waals surface area contributed by atoms with Crippen LogP contribution in [0.3, 0.4) is 0 Å². The number of hydrogen-bond donors (Lipinski definition) is 1. The van der Waals surface area contributed by atoms with Crippen LogP contribution in [0.5, 0.6) is 0 Å². The number of hydrogen-bond acceptors (Lipinski definition) is 3. The molecule has 0 atom stereocenters. The van der Waals surface area contributed by atoms with E-state index in [2.05, 4.69) is 38.8 Å². The van der Waals surface area contributed by atoms with Crippen molar-refractivity contribution in [1.82, 2.24) is 14.7 Å². The Hall–Kier alpha value is -1.55. The molecule has 17 heavy (non-hydrogen) atoms. The molecule has 2 heterocycles. The molecule has 0 aliphatic heterocycles. The molecule has 1 aliphatic rings. The van der Waals surface area contributed by atoms with Gasteiger partial charge >= 0.3 is 0 Å². The van der Waals surface area contributed by atoms with Crippen molar-refractivity contribution in [2.24, 2.45) is 0 Å². The van der Waals surface area contributed by atoms with Gasteiger partial charge in [0.1, 0.15) is 11.5 Å². The lowest BCUT2D eigenvalue weighted by Crippen LogP contribution is -2.31. The van der Waals surface area contributed by atoms with E-state index in [-0.39, 0.29) is 0 Å². The third kappa shape index (κ3) is 2.26. The third-order valence-corrected chi connectivity index (χ3v) is 3.26. The van der Waals surface area contributed by atoms with Crippen molar-refractivity contribution in [2.45, 2.75) is 18.9 Å². The molecule has 4 heteroatoms. The van der Waals surface area contributed by atoms with Crippen LogP contribution in [0.2, 0.25) is 0 Å². The minimum absolute atomic E-state index is 0.785. The van der Waals surface area contributed by atoms with Gasteiger partial charge in [0.15, 0.2) is 0 Å². The fraction of sp³-hybridized carbons (Fsp3) is 0.462. The van der Waals surface area contributed by atoms with Gasteiger partial charge in [0.25, 0.3) is 0 Å². The maximum absolute atomic E-state index is 4.30. The van der Waals surface area contributed by atoms with Gasteiger partial charge in [-0.15, -0.1) is 0 Å². The molecule has 0 aromatic carbocycles. The van der Waals surface area contributed by atoms with E-state index in [4.69, 9.17) is 0 Å². The van der Waals surface area contributed by atoms with Gasteiger partial charge in [0.05, 0.1) is 0 Å². The fourth-order valence-electron chi connectivity index (χ4n) is 2.08. The zero-order valence-corrected chi connectivity index (χ0v) is 10.1. The number of likely N-dealkylation sites (N-methyl/N-ethyl adjacent to an activating group) is 1. The van der Waals surface area contributed by atoms with Crippen LogP contribution >= 0.6 is 0 Å². The standard InChI is InChI=1S/C13H18N4/c1-16(9-7-14-11-5-6-11)13-4-2-3-12-15-8-10-17(12)13/h2-4,8,10-11,14H,5-7,9H2,1H3. The normalized spacial score (nSPS) is 15.4. The van der Waals surface area contributed by atoms with Crippen LogP contribution in [0.4, 0.5) is 5.82 Å². The highest BCUT2D eigenvalue weighted by molar-refractivity contribution is 5.51. The largest absolute Gasteiger partial charge is 0.359 e. The molecule has 0 amide bonds. The minimum atomic E-state index is 0.785. The van der Waals surface area contributed by atoms with Crippen LogP contribution in [0.15, 0.2) is 30.6 Å². The molecule has 90 valence electrons. The lowest BCUT2D eigenvalue weighted by molar-refractivity contribution is 0.671. The lowest BCUT2D eigenvalue weighted by atomic mass is 10.4. The summed E-state index contributed by atoms with van der Waals surface area (Å²) in [6.45, 7) is 2.07. The van der Waals surface area contributed by atoms with Gasteiger partial charge in [0.2, 0.25) is 0 Å². The van der Waals surface area contributed by atoms with E-state index in [9.17, 15) is 0 Å². The Morgan fingerprint density at radius 1 is 1.47 bits per heavy atom. The highest BCUT2D eigenvalue weighted by Crippen LogP contribution is 2.18. The van der Waals surface area contributed by atoms with Gasteiger partial charge < -0.3 is 10.2 Å². The summed E-state index contributed by atoms with van der Waals surface area (Å²) in [6, 6.07) is 7.00. The molecule has 0 unspecified atom stereocenters. The van der Waals surface area contributed by atoms with Crippen LogP contribution in [0, 0.1) is 0 Å². The molecule has 0 spiro atoms. The van der Waals surface area contributed by atoms with Crippen molar-refractivity contribution in [1.29, 1.82) is 0 Å². The fourth-order valence-corrected chi connectivity index (χ4v) is 2.08. The predicted octanol–water partition coefficient (Wildman–Crippen LogP) is 1.52. The zero-order chi connectivity index (χ0) is 11.7. The van der Waals surface area contributed by atoms with Gasteiger partial charge in [-0.25, -0.2) is 4.98 Å². The second-order valence-corrected chi connectivity index (χ2v) is 4.69. The maximum Gasteiger partial charge on any atom is 0.138 e. The third-order valence-electron chi connectivity index (χ3n) is 3.26. The first-order valence-corrected chi connectivity index (χ1v) is 6.21. The van der Waals surface area contributed by atoms with Crippen molar-refractivity contribution in [3.8, 4) is 0 Å². The second-order valence-electron chi connectivity index (χ2n) is 4.69. The monoisotopic (exact) mass is 230 g/mol. The highest BCUT2D eigenvalue weighted by Gasteiger charge is 2.19. The number of anilines is 1. The summed E-state index contributed by atoms with van der Waals surface area (Å²) in [6.07, 6.45) is 6.55. The van der Waals surface area contributed by atoms with E-state index >= 15 is 0 Å². The van der Waals surface area contributed by atoms with Crippen LogP contribution in [-0.4, -0.2) is 35.6 Å². The second kappa shape index (κ2) is 4.37. The topological polar surface area (TPSA) is 32.6 Å². The van der Waals surface area contributed by atoms with Gasteiger partial charge in [0, 0.05) is 38.6 Å². The highest BCUT2D eigenvalue weighted by atomic mass is 15.2. The Bertz CT molecular complexity index is 501. The van der Waals surface area contributed by atoms with Gasteiger partial charge in [-0.3, -0.25) is 4.40 Å². The van der Waals surface area contributed by atoms with Gasteiger partial charge in [-0.05, 0) is 25.0 Å². The van der Waals surface area contributed by atoms with E-state index < -0.39 is 0 Å². The van der Waals surface area contributed by atoms with Crippen LogP contribution < -0.4 is 10.2 Å². The Labute approximate surface area is 101 Å². The predicted molar refractivity (Wildman–Crippen MR) is 69.5 cm³/mol. The van der Waals surface area contributed by atoms with E-state index in [1.807, 2.05) is 18.5 Å². The van der Waals surface area contributed by atoms with Crippen LogP contribution in [0.1, 0.15) is 12.8 Å². The average molecular weight is 230 g/mol. The quantitative estimate of drug-likeness (QED) is 0.845. The Kier molecular flexibility index (Phi) is 2.73. The lowest BCUT2D eigenvalue weighted by Gasteiger charge is -2.20. The van der Waals surface area contributed by atoms with Crippen LogP contribution in [0.25, 0.3) is 5.65 Å². The number of fused-ring (bicyclic) bond motifs is 1. The SMILES string of the molecule is CN(CCNC1CC1)c1cccc2nccn12. The van der Waals surface area contributed by atoms with Crippen molar-refractivity contribution in [3.63, 3.8) is 0 Å². The Morgan fingerprint density at radius 2 is 2.35 bits per heavy atom. The van der Waals surface area contributed by atoms with Gasteiger partial charge in [-0.1, -0.05) is 6.07 Å². The molecule has 1 fully saturated rings. The van der Waals surface area contributed by atoms with E-state index in [1.165, 1.54) is 18.7 Å². The number of aromatic nitrogens is 2. The number of nitrogens with zero attached hydrogens (tertiary/aromatic N) is 3. The van der Waals surface area contributed by atoms with E-state index in [0.717, 1.165) is 24.8 Å².